The van der Waals surface area contributed by atoms with Crippen LogP contribution >= 0.6 is 11.8 Å². The third-order valence-corrected chi connectivity index (χ3v) is 5.60. The normalized spacial score (nSPS) is 11.4. The molecule has 1 unspecified atom stereocenters. The summed E-state index contributed by atoms with van der Waals surface area (Å²) < 4.78 is 5.17. The fraction of sp³-hybridized carbons (Fsp3) is 0.167. The van der Waals surface area contributed by atoms with Gasteiger partial charge in [0.25, 0.3) is 5.91 Å². The smallest absolute Gasteiger partial charge is 0.255 e. The molecule has 0 spiro atoms. The van der Waals surface area contributed by atoms with Crippen LogP contribution in [0.4, 0.5) is 11.4 Å². The minimum absolute atomic E-state index is 0.0693. The van der Waals surface area contributed by atoms with Gasteiger partial charge in [0, 0.05) is 21.8 Å². The monoisotopic (exact) mass is 420 g/mol. The highest BCUT2D eigenvalue weighted by Crippen LogP contribution is 2.27. The number of nitrogens with one attached hydrogen (secondary N) is 2. The molecule has 154 valence electrons. The Morgan fingerprint density at radius 1 is 0.933 bits per heavy atom. The first kappa shape index (κ1) is 21.5. The second kappa shape index (κ2) is 9.98. The predicted octanol–water partition coefficient (Wildman–Crippen LogP) is 5.38. The van der Waals surface area contributed by atoms with E-state index in [0.29, 0.717) is 17.0 Å². The summed E-state index contributed by atoms with van der Waals surface area (Å²) in [6.45, 7) is 3.82. The fourth-order valence-corrected chi connectivity index (χ4v) is 3.75. The van der Waals surface area contributed by atoms with Crippen LogP contribution in [0.1, 0.15) is 22.8 Å². The van der Waals surface area contributed by atoms with Crippen molar-refractivity contribution >= 4 is 35.0 Å². The van der Waals surface area contributed by atoms with Gasteiger partial charge in [-0.2, -0.15) is 0 Å². The van der Waals surface area contributed by atoms with Crippen LogP contribution < -0.4 is 15.4 Å². The summed E-state index contributed by atoms with van der Waals surface area (Å²) in [6.07, 6.45) is 0. The number of thioether (sulfide) groups is 1. The summed E-state index contributed by atoms with van der Waals surface area (Å²) in [5, 5.41) is 5.56. The van der Waals surface area contributed by atoms with Crippen molar-refractivity contribution in [3.8, 4) is 5.75 Å². The van der Waals surface area contributed by atoms with Crippen LogP contribution in [0, 0.1) is 6.92 Å². The highest BCUT2D eigenvalue weighted by molar-refractivity contribution is 8.00. The molecule has 0 fully saturated rings. The van der Waals surface area contributed by atoms with E-state index in [1.54, 1.807) is 31.4 Å². The summed E-state index contributed by atoms with van der Waals surface area (Å²) >= 11 is 1.44. The van der Waals surface area contributed by atoms with E-state index in [0.717, 1.165) is 16.1 Å². The first-order chi connectivity index (χ1) is 14.5. The second-order valence-electron chi connectivity index (χ2n) is 6.78. The van der Waals surface area contributed by atoms with Gasteiger partial charge in [-0.3, -0.25) is 9.59 Å². The van der Waals surface area contributed by atoms with Gasteiger partial charge in [-0.25, -0.2) is 0 Å². The quantitative estimate of drug-likeness (QED) is 0.504. The van der Waals surface area contributed by atoms with Gasteiger partial charge in [0.05, 0.1) is 12.4 Å². The molecule has 3 aromatic rings. The maximum absolute atomic E-state index is 12.6. The number of hydrogen-bond acceptors (Lipinski definition) is 4. The zero-order valence-electron chi connectivity index (χ0n) is 17.1. The van der Waals surface area contributed by atoms with Gasteiger partial charge in [0.2, 0.25) is 5.91 Å². The Morgan fingerprint density at radius 3 is 2.47 bits per heavy atom. The van der Waals surface area contributed by atoms with E-state index in [2.05, 4.69) is 10.6 Å². The number of benzene rings is 3. The highest BCUT2D eigenvalue weighted by atomic mass is 32.2. The van der Waals surface area contributed by atoms with Gasteiger partial charge in [-0.1, -0.05) is 30.3 Å². The Labute approximate surface area is 180 Å². The number of carbonyl (C=O) groups is 2. The molecule has 0 heterocycles. The third kappa shape index (κ3) is 5.64. The van der Waals surface area contributed by atoms with E-state index in [-0.39, 0.29) is 17.1 Å². The van der Waals surface area contributed by atoms with Crippen LogP contribution in [-0.4, -0.2) is 24.2 Å². The van der Waals surface area contributed by atoms with Crippen molar-refractivity contribution in [2.24, 2.45) is 0 Å². The Hall–Kier alpha value is -3.25. The molecule has 0 saturated carbocycles. The lowest BCUT2D eigenvalue weighted by atomic mass is 10.2. The average Bonchev–Trinajstić information content (AvgIpc) is 2.75. The SMILES string of the molecule is COc1cccc(C(=O)Nc2cccc(SC(C)C(=O)Nc3ccccc3C)c2)c1. The molecule has 0 radical (unpaired) electrons. The molecule has 0 aromatic heterocycles. The van der Waals surface area contributed by atoms with Gasteiger partial charge >= 0.3 is 0 Å². The molecular weight excluding hydrogens is 396 g/mol. The van der Waals surface area contributed by atoms with Crippen LogP contribution in [0.5, 0.6) is 5.75 Å². The Kier molecular flexibility index (Phi) is 7.14. The van der Waals surface area contributed by atoms with E-state index in [9.17, 15) is 9.59 Å². The molecule has 0 bridgehead atoms. The van der Waals surface area contributed by atoms with Crippen molar-refractivity contribution in [2.45, 2.75) is 24.0 Å². The molecule has 0 aliphatic rings. The molecule has 2 N–H and O–H groups in total. The van der Waals surface area contributed by atoms with E-state index in [1.807, 2.05) is 62.4 Å². The minimum Gasteiger partial charge on any atom is -0.497 e. The molecule has 5 nitrogen and oxygen atoms in total. The standard InChI is InChI=1S/C24H24N2O3S/c1-16-8-4-5-13-22(16)26-23(27)17(2)30-21-12-7-10-19(15-21)25-24(28)18-9-6-11-20(14-18)29-3/h4-15,17H,1-3H3,(H,25,28)(H,26,27). The largest absolute Gasteiger partial charge is 0.497 e. The fourth-order valence-electron chi connectivity index (χ4n) is 2.82. The van der Waals surface area contributed by atoms with Gasteiger partial charge in [0.1, 0.15) is 5.75 Å². The molecule has 3 rings (SSSR count). The molecule has 6 heteroatoms. The van der Waals surface area contributed by atoms with Crippen molar-refractivity contribution in [1.29, 1.82) is 0 Å². The summed E-state index contributed by atoms with van der Waals surface area (Å²) in [7, 11) is 1.56. The average molecular weight is 421 g/mol. The van der Waals surface area contributed by atoms with Gasteiger partial charge in [0.15, 0.2) is 0 Å². The molecular formula is C24H24N2O3S. The summed E-state index contributed by atoms with van der Waals surface area (Å²) in [6, 6.07) is 22.1. The van der Waals surface area contributed by atoms with Crippen molar-refractivity contribution in [1.82, 2.24) is 0 Å². The van der Waals surface area contributed by atoms with Gasteiger partial charge in [-0.15, -0.1) is 11.8 Å². The van der Waals surface area contributed by atoms with Crippen LogP contribution in [0.2, 0.25) is 0 Å². The van der Waals surface area contributed by atoms with E-state index in [1.165, 1.54) is 11.8 Å². The van der Waals surface area contributed by atoms with Crippen LogP contribution in [0.15, 0.2) is 77.7 Å². The summed E-state index contributed by atoms with van der Waals surface area (Å²) in [5.41, 5.74) is 3.01. The second-order valence-corrected chi connectivity index (χ2v) is 8.19. The number of amides is 2. The number of methoxy groups -OCH3 is 1. The Morgan fingerprint density at radius 2 is 1.70 bits per heavy atom. The molecule has 3 aromatic carbocycles. The lowest BCUT2D eigenvalue weighted by Gasteiger charge is -2.14. The molecule has 30 heavy (non-hydrogen) atoms. The topological polar surface area (TPSA) is 67.4 Å². The van der Waals surface area contributed by atoms with Crippen LogP contribution in [0.3, 0.4) is 0 Å². The third-order valence-electron chi connectivity index (χ3n) is 4.51. The number of carbonyl (C=O) groups excluding carboxylic acids is 2. The lowest BCUT2D eigenvalue weighted by Crippen LogP contribution is -2.22. The number of anilines is 2. The summed E-state index contributed by atoms with van der Waals surface area (Å²) in [4.78, 5) is 26.0. The van der Waals surface area contributed by atoms with E-state index < -0.39 is 0 Å². The number of aryl methyl sites for hydroxylation is 1. The van der Waals surface area contributed by atoms with Crippen molar-refractivity contribution in [3.05, 3.63) is 83.9 Å². The molecule has 0 aliphatic carbocycles. The Bertz CT molecular complexity index is 1050. The Balaban J connectivity index is 1.64. The van der Waals surface area contributed by atoms with Gasteiger partial charge < -0.3 is 15.4 Å². The maximum Gasteiger partial charge on any atom is 0.255 e. The first-order valence-electron chi connectivity index (χ1n) is 9.55. The van der Waals surface area contributed by atoms with E-state index >= 15 is 0 Å². The van der Waals surface area contributed by atoms with Gasteiger partial charge in [-0.05, 0) is 61.9 Å². The molecule has 2 amide bonds. The minimum atomic E-state index is -0.297. The molecule has 0 saturated heterocycles. The molecule has 1 atom stereocenters. The van der Waals surface area contributed by atoms with Crippen molar-refractivity contribution < 1.29 is 14.3 Å². The van der Waals surface area contributed by atoms with E-state index in [4.69, 9.17) is 4.74 Å². The number of ether oxygens (including phenoxy) is 1. The number of para-hydroxylation sites is 1. The highest BCUT2D eigenvalue weighted by Gasteiger charge is 2.16. The zero-order chi connectivity index (χ0) is 21.5. The van der Waals surface area contributed by atoms with Crippen molar-refractivity contribution in [2.75, 3.05) is 17.7 Å². The number of rotatable bonds is 7. The first-order valence-corrected chi connectivity index (χ1v) is 10.4. The lowest BCUT2D eigenvalue weighted by molar-refractivity contribution is -0.115. The van der Waals surface area contributed by atoms with Crippen LogP contribution in [-0.2, 0) is 4.79 Å². The predicted molar refractivity (Wildman–Crippen MR) is 123 cm³/mol. The summed E-state index contributed by atoms with van der Waals surface area (Å²) in [5.74, 6) is 0.335. The molecule has 0 aliphatic heterocycles. The van der Waals surface area contributed by atoms with Crippen molar-refractivity contribution in [3.63, 3.8) is 0 Å². The maximum atomic E-state index is 12.6. The van der Waals surface area contributed by atoms with Crippen LogP contribution in [0.25, 0.3) is 0 Å². The zero-order valence-corrected chi connectivity index (χ0v) is 18.0. The number of hydrogen-bond donors (Lipinski definition) is 2.